The molecule has 0 fully saturated rings. The quantitative estimate of drug-likeness (QED) is 0.205. The fourth-order valence-electron chi connectivity index (χ4n) is 6.36. The standard InChI is InChI=1S/C41H27N/c1-2-13-29(14-3-1)33-16-6-7-17-34(33)41-37-20-10-8-18-35(37)40(36-19-9-11-21-38(36)41)32-24-25-39(42-27-32)31-23-22-28-12-4-5-15-30(28)26-31/h1-27H. The predicted molar refractivity (Wildman–Crippen MR) is 178 cm³/mol. The largest absolute Gasteiger partial charge is 0.256 e. The van der Waals surface area contributed by atoms with Crippen molar-refractivity contribution >= 4 is 32.3 Å². The van der Waals surface area contributed by atoms with Crippen molar-refractivity contribution in [3.8, 4) is 44.6 Å². The monoisotopic (exact) mass is 533 g/mol. The molecule has 0 atom stereocenters. The van der Waals surface area contributed by atoms with E-state index in [1.54, 1.807) is 0 Å². The highest BCUT2D eigenvalue weighted by atomic mass is 14.7. The Morgan fingerprint density at radius 1 is 0.333 bits per heavy atom. The van der Waals surface area contributed by atoms with E-state index in [2.05, 4.69) is 158 Å². The molecular formula is C41H27N. The van der Waals surface area contributed by atoms with Gasteiger partial charge in [-0.15, -0.1) is 0 Å². The zero-order valence-electron chi connectivity index (χ0n) is 23.0. The van der Waals surface area contributed by atoms with Gasteiger partial charge in [0.25, 0.3) is 0 Å². The number of aromatic nitrogens is 1. The summed E-state index contributed by atoms with van der Waals surface area (Å²) in [6.07, 6.45) is 2.04. The highest BCUT2D eigenvalue weighted by Gasteiger charge is 2.18. The second-order valence-electron chi connectivity index (χ2n) is 10.7. The molecule has 0 N–H and O–H groups in total. The zero-order valence-corrected chi connectivity index (χ0v) is 23.0. The summed E-state index contributed by atoms with van der Waals surface area (Å²) in [5.74, 6) is 0. The van der Waals surface area contributed by atoms with Gasteiger partial charge in [0.1, 0.15) is 0 Å². The number of nitrogens with zero attached hydrogens (tertiary/aromatic N) is 1. The third-order valence-corrected chi connectivity index (χ3v) is 8.31. The van der Waals surface area contributed by atoms with Crippen molar-refractivity contribution in [3.63, 3.8) is 0 Å². The first-order valence-electron chi connectivity index (χ1n) is 14.4. The van der Waals surface area contributed by atoms with Crippen LogP contribution in [0.15, 0.2) is 164 Å². The van der Waals surface area contributed by atoms with Crippen LogP contribution in [-0.2, 0) is 0 Å². The van der Waals surface area contributed by atoms with Crippen LogP contribution in [0.1, 0.15) is 0 Å². The van der Waals surface area contributed by atoms with E-state index in [0.29, 0.717) is 0 Å². The molecule has 8 aromatic rings. The Bertz CT molecular complexity index is 2170. The summed E-state index contributed by atoms with van der Waals surface area (Å²) < 4.78 is 0. The Morgan fingerprint density at radius 3 is 1.55 bits per heavy atom. The minimum absolute atomic E-state index is 0.978. The molecule has 42 heavy (non-hydrogen) atoms. The molecule has 0 unspecified atom stereocenters. The van der Waals surface area contributed by atoms with Gasteiger partial charge in [0.05, 0.1) is 5.69 Å². The molecule has 0 saturated carbocycles. The highest BCUT2D eigenvalue weighted by molar-refractivity contribution is 6.22. The number of hydrogen-bond acceptors (Lipinski definition) is 1. The number of benzene rings is 7. The third-order valence-electron chi connectivity index (χ3n) is 8.31. The average molecular weight is 534 g/mol. The van der Waals surface area contributed by atoms with Crippen LogP contribution in [0, 0.1) is 0 Å². The Kier molecular flexibility index (Phi) is 5.86. The Labute approximate surface area is 245 Å². The SMILES string of the molecule is c1ccc(-c2ccccc2-c2c3ccccc3c(-c3ccc(-c4ccc5ccccc5c4)nc3)c3ccccc23)cc1. The van der Waals surface area contributed by atoms with E-state index in [0.717, 1.165) is 16.8 Å². The van der Waals surface area contributed by atoms with Gasteiger partial charge in [0, 0.05) is 17.3 Å². The van der Waals surface area contributed by atoms with E-state index in [-0.39, 0.29) is 0 Å². The molecule has 7 aromatic carbocycles. The van der Waals surface area contributed by atoms with Crippen molar-refractivity contribution in [1.29, 1.82) is 0 Å². The summed E-state index contributed by atoms with van der Waals surface area (Å²) in [6, 6.07) is 56.5. The van der Waals surface area contributed by atoms with Crippen LogP contribution in [0.4, 0.5) is 0 Å². The first kappa shape index (κ1) is 24.3. The van der Waals surface area contributed by atoms with Crippen LogP contribution in [-0.4, -0.2) is 4.98 Å². The fourth-order valence-corrected chi connectivity index (χ4v) is 6.36. The van der Waals surface area contributed by atoms with Crippen molar-refractivity contribution in [2.75, 3.05) is 0 Å². The molecule has 1 aromatic heterocycles. The molecular weight excluding hydrogens is 506 g/mol. The zero-order chi connectivity index (χ0) is 27.9. The van der Waals surface area contributed by atoms with Gasteiger partial charge in [0.15, 0.2) is 0 Å². The fraction of sp³-hybridized carbons (Fsp3) is 0. The molecule has 1 nitrogen and oxygen atoms in total. The predicted octanol–water partition coefficient (Wildman–Crippen LogP) is 11.2. The van der Waals surface area contributed by atoms with Crippen LogP contribution in [0.5, 0.6) is 0 Å². The maximum absolute atomic E-state index is 4.98. The normalized spacial score (nSPS) is 11.3. The van der Waals surface area contributed by atoms with Gasteiger partial charge in [0.2, 0.25) is 0 Å². The second-order valence-corrected chi connectivity index (χ2v) is 10.7. The summed E-state index contributed by atoms with van der Waals surface area (Å²) in [6.45, 7) is 0. The van der Waals surface area contributed by atoms with E-state index in [9.17, 15) is 0 Å². The summed E-state index contributed by atoms with van der Waals surface area (Å²) >= 11 is 0. The van der Waals surface area contributed by atoms with Gasteiger partial charge in [-0.25, -0.2) is 0 Å². The van der Waals surface area contributed by atoms with E-state index in [4.69, 9.17) is 4.98 Å². The van der Waals surface area contributed by atoms with Crippen LogP contribution in [0.25, 0.3) is 77.0 Å². The summed E-state index contributed by atoms with van der Waals surface area (Å²) in [7, 11) is 0. The lowest BCUT2D eigenvalue weighted by atomic mass is 9.84. The lowest BCUT2D eigenvalue weighted by molar-refractivity contribution is 1.33. The minimum Gasteiger partial charge on any atom is -0.256 e. The molecule has 0 amide bonds. The maximum Gasteiger partial charge on any atom is 0.0702 e. The molecule has 0 radical (unpaired) electrons. The van der Waals surface area contributed by atoms with Gasteiger partial charge in [-0.1, -0.05) is 146 Å². The van der Waals surface area contributed by atoms with Crippen LogP contribution >= 0.6 is 0 Å². The van der Waals surface area contributed by atoms with Gasteiger partial charge >= 0.3 is 0 Å². The van der Waals surface area contributed by atoms with Crippen molar-refractivity contribution in [3.05, 3.63) is 164 Å². The summed E-state index contributed by atoms with van der Waals surface area (Å²) in [4.78, 5) is 4.98. The van der Waals surface area contributed by atoms with Crippen molar-refractivity contribution in [2.45, 2.75) is 0 Å². The van der Waals surface area contributed by atoms with Crippen molar-refractivity contribution < 1.29 is 0 Å². The number of rotatable bonds is 4. The van der Waals surface area contributed by atoms with E-state index >= 15 is 0 Å². The van der Waals surface area contributed by atoms with Crippen LogP contribution in [0.2, 0.25) is 0 Å². The molecule has 1 heteroatoms. The molecule has 0 bridgehead atoms. The molecule has 0 aliphatic rings. The van der Waals surface area contributed by atoms with E-state index < -0.39 is 0 Å². The summed E-state index contributed by atoms with van der Waals surface area (Å²) in [5, 5.41) is 7.42. The van der Waals surface area contributed by atoms with Crippen LogP contribution in [0.3, 0.4) is 0 Å². The third kappa shape index (κ3) is 4.06. The highest BCUT2D eigenvalue weighted by Crippen LogP contribution is 2.45. The van der Waals surface area contributed by atoms with Gasteiger partial charge in [-0.05, 0) is 72.3 Å². The smallest absolute Gasteiger partial charge is 0.0702 e. The Morgan fingerprint density at radius 2 is 0.881 bits per heavy atom. The molecule has 1 heterocycles. The van der Waals surface area contributed by atoms with Crippen molar-refractivity contribution in [2.24, 2.45) is 0 Å². The second kappa shape index (κ2) is 10.1. The number of pyridine rings is 1. The van der Waals surface area contributed by atoms with Crippen molar-refractivity contribution in [1.82, 2.24) is 4.98 Å². The van der Waals surface area contributed by atoms with Gasteiger partial charge in [-0.3, -0.25) is 4.98 Å². The molecule has 8 rings (SSSR count). The lowest BCUT2D eigenvalue weighted by Gasteiger charge is -2.19. The van der Waals surface area contributed by atoms with E-state index in [1.807, 2.05) is 6.20 Å². The van der Waals surface area contributed by atoms with Gasteiger partial charge in [-0.2, -0.15) is 0 Å². The molecule has 0 aliphatic carbocycles. The maximum atomic E-state index is 4.98. The summed E-state index contributed by atoms with van der Waals surface area (Å²) in [5.41, 5.74) is 9.42. The average Bonchev–Trinajstić information content (AvgIpc) is 3.07. The lowest BCUT2D eigenvalue weighted by Crippen LogP contribution is -1.93. The minimum atomic E-state index is 0.978. The Balaban J connectivity index is 1.34. The number of fused-ring (bicyclic) bond motifs is 3. The molecule has 0 spiro atoms. The van der Waals surface area contributed by atoms with Gasteiger partial charge < -0.3 is 0 Å². The topological polar surface area (TPSA) is 12.9 Å². The van der Waals surface area contributed by atoms with E-state index in [1.165, 1.54) is 60.1 Å². The number of hydrogen-bond donors (Lipinski definition) is 0. The first-order valence-corrected chi connectivity index (χ1v) is 14.4. The van der Waals surface area contributed by atoms with Crippen LogP contribution < -0.4 is 0 Å². The molecule has 0 aliphatic heterocycles. The molecule has 0 saturated heterocycles. The Hall–Kier alpha value is -5.53. The molecule has 196 valence electrons. The first-order chi connectivity index (χ1) is 20.8.